The molecule has 1 saturated heterocycles. The predicted octanol–water partition coefficient (Wildman–Crippen LogP) is 4.15. The van der Waals surface area contributed by atoms with Gasteiger partial charge < -0.3 is 4.42 Å². The summed E-state index contributed by atoms with van der Waals surface area (Å²) in [5, 5.41) is 9.04. The fourth-order valence-corrected chi connectivity index (χ4v) is 3.06. The number of nitrogens with zero attached hydrogens (tertiary/aromatic N) is 3. The molecule has 0 bridgehead atoms. The summed E-state index contributed by atoms with van der Waals surface area (Å²) in [6.07, 6.45) is 5.04. The first-order chi connectivity index (χ1) is 10.3. The van der Waals surface area contributed by atoms with Crippen LogP contribution in [0.25, 0.3) is 11.5 Å². The van der Waals surface area contributed by atoms with Gasteiger partial charge in [0.1, 0.15) is 0 Å². The van der Waals surface area contributed by atoms with E-state index in [0.29, 0.717) is 22.8 Å². The van der Waals surface area contributed by atoms with Gasteiger partial charge in [-0.3, -0.25) is 4.90 Å². The van der Waals surface area contributed by atoms with E-state index in [4.69, 9.17) is 16.0 Å². The number of hydrogen-bond acceptors (Lipinski definition) is 4. The zero-order valence-corrected chi connectivity index (χ0v) is 13.0. The lowest BCUT2D eigenvalue weighted by Crippen LogP contribution is -2.38. The van der Waals surface area contributed by atoms with E-state index in [1.165, 1.54) is 25.7 Å². The lowest BCUT2D eigenvalue weighted by Gasteiger charge is -2.33. The second-order valence-corrected chi connectivity index (χ2v) is 5.97. The standard InChI is InChI=1S/C16H20ClN3O/c1-2-14-5-3-4-10-20(14)11-15-18-19-16(21-15)12-6-8-13(17)9-7-12/h6-9,14H,2-5,10-11H2,1H3. The number of halogens is 1. The van der Waals surface area contributed by atoms with Crippen molar-refractivity contribution in [2.45, 2.75) is 45.2 Å². The molecule has 5 heteroatoms. The molecule has 1 aromatic heterocycles. The summed E-state index contributed by atoms with van der Waals surface area (Å²) >= 11 is 5.89. The van der Waals surface area contributed by atoms with Gasteiger partial charge >= 0.3 is 0 Å². The summed E-state index contributed by atoms with van der Waals surface area (Å²) in [7, 11) is 0. The first-order valence-corrected chi connectivity index (χ1v) is 7.96. The Kier molecular flexibility index (Phi) is 4.56. The largest absolute Gasteiger partial charge is 0.419 e. The monoisotopic (exact) mass is 305 g/mol. The van der Waals surface area contributed by atoms with E-state index in [0.717, 1.165) is 18.7 Å². The third-order valence-corrected chi connectivity index (χ3v) is 4.37. The van der Waals surface area contributed by atoms with Crippen LogP contribution < -0.4 is 0 Å². The van der Waals surface area contributed by atoms with Crippen molar-refractivity contribution in [1.29, 1.82) is 0 Å². The molecule has 1 aromatic carbocycles. The lowest BCUT2D eigenvalue weighted by atomic mass is 10.0. The van der Waals surface area contributed by atoms with Crippen molar-refractivity contribution in [3.63, 3.8) is 0 Å². The van der Waals surface area contributed by atoms with Gasteiger partial charge in [0, 0.05) is 16.6 Å². The second-order valence-electron chi connectivity index (χ2n) is 5.54. The molecule has 112 valence electrons. The summed E-state index contributed by atoms with van der Waals surface area (Å²) in [6.45, 7) is 4.12. The number of piperidine rings is 1. The van der Waals surface area contributed by atoms with Crippen LogP contribution in [0.2, 0.25) is 5.02 Å². The molecule has 0 spiro atoms. The van der Waals surface area contributed by atoms with Gasteiger partial charge in [0.05, 0.1) is 6.54 Å². The Hall–Kier alpha value is -1.39. The first-order valence-electron chi connectivity index (χ1n) is 7.58. The van der Waals surface area contributed by atoms with Crippen molar-refractivity contribution in [2.24, 2.45) is 0 Å². The zero-order chi connectivity index (χ0) is 14.7. The van der Waals surface area contributed by atoms with Crippen LogP contribution in [0.3, 0.4) is 0 Å². The van der Waals surface area contributed by atoms with Crippen molar-refractivity contribution < 1.29 is 4.42 Å². The van der Waals surface area contributed by atoms with Crippen LogP contribution in [0.5, 0.6) is 0 Å². The molecule has 3 rings (SSSR count). The van der Waals surface area contributed by atoms with Crippen LogP contribution in [0.1, 0.15) is 38.5 Å². The molecular formula is C16H20ClN3O. The van der Waals surface area contributed by atoms with Gasteiger partial charge in [0.15, 0.2) is 0 Å². The summed E-state index contributed by atoms with van der Waals surface area (Å²) in [4.78, 5) is 2.46. The van der Waals surface area contributed by atoms with Gasteiger partial charge in [-0.1, -0.05) is 24.9 Å². The molecule has 0 aliphatic carbocycles. The molecule has 0 saturated carbocycles. The number of rotatable bonds is 4. The van der Waals surface area contributed by atoms with Crippen LogP contribution >= 0.6 is 11.6 Å². The van der Waals surface area contributed by atoms with Crippen LogP contribution in [0.15, 0.2) is 28.7 Å². The molecule has 0 amide bonds. The first kappa shape index (κ1) is 14.5. The molecule has 21 heavy (non-hydrogen) atoms. The van der Waals surface area contributed by atoms with Crippen LogP contribution in [-0.4, -0.2) is 27.7 Å². The Morgan fingerprint density at radius 1 is 1.24 bits per heavy atom. The molecular weight excluding hydrogens is 286 g/mol. The average Bonchev–Trinajstić information content (AvgIpc) is 2.97. The fraction of sp³-hybridized carbons (Fsp3) is 0.500. The molecule has 1 unspecified atom stereocenters. The molecule has 1 aliphatic rings. The molecule has 4 nitrogen and oxygen atoms in total. The summed E-state index contributed by atoms with van der Waals surface area (Å²) in [5.74, 6) is 1.26. The fourth-order valence-electron chi connectivity index (χ4n) is 2.93. The van der Waals surface area contributed by atoms with E-state index in [1.807, 2.05) is 24.3 Å². The Bertz CT molecular complexity index is 581. The normalized spacial score (nSPS) is 19.8. The summed E-state index contributed by atoms with van der Waals surface area (Å²) in [5.41, 5.74) is 0.906. The van der Waals surface area contributed by atoms with Gasteiger partial charge in [-0.25, -0.2) is 0 Å². The van der Waals surface area contributed by atoms with Gasteiger partial charge in [-0.2, -0.15) is 0 Å². The molecule has 2 aromatic rings. The van der Waals surface area contributed by atoms with Crippen molar-refractivity contribution in [2.75, 3.05) is 6.54 Å². The van der Waals surface area contributed by atoms with Crippen molar-refractivity contribution in [3.8, 4) is 11.5 Å². The smallest absolute Gasteiger partial charge is 0.247 e. The Morgan fingerprint density at radius 3 is 2.81 bits per heavy atom. The van der Waals surface area contributed by atoms with Crippen LogP contribution in [0, 0.1) is 0 Å². The Labute approximate surface area is 130 Å². The lowest BCUT2D eigenvalue weighted by molar-refractivity contribution is 0.124. The number of aromatic nitrogens is 2. The minimum Gasteiger partial charge on any atom is -0.419 e. The number of hydrogen-bond donors (Lipinski definition) is 0. The van der Waals surface area contributed by atoms with Crippen LogP contribution in [-0.2, 0) is 6.54 Å². The van der Waals surface area contributed by atoms with Gasteiger partial charge in [-0.15, -0.1) is 10.2 Å². The molecule has 0 N–H and O–H groups in total. The highest BCUT2D eigenvalue weighted by Gasteiger charge is 2.22. The average molecular weight is 306 g/mol. The van der Waals surface area contributed by atoms with E-state index >= 15 is 0 Å². The third-order valence-electron chi connectivity index (χ3n) is 4.12. The second kappa shape index (κ2) is 6.58. The predicted molar refractivity (Wildman–Crippen MR) is 83.1 cm³/mol. The SMILES string of the molecule is CCC1CCCCN1Cc1nnc(-c2ccc(Cl)cc2)o1. The maximum atomic E-state index is 5.89. The highest BCUT2D eigenvalue weighted by molar-refractivity contribution is 6.30. The quantitative estimate of drug-likeness (QED) is 0.851. The molecule has 0 radical (unpaired) electrons. The van der Waals surface area contributed by atoms with E-state index in [-0.39, 0.29) is 0 Å². The van der Waals surface area contributed by atoms with E-state index < -0.39 is 0 Å². The maximum Gasteiger partial charge on any atom is 0.247 e. The summed E-state index contributed by atoms with van der Waals surface area (Å²) in [6, 6.07) is 8.10. The van der Waals surface area contributed by atoms with Gasteiger partial charge in [0.2, 0.25) is 11.8 Å². The minimum absolute atomic E-state index is 0.562. The van der Waals surface area contributed by atoms with E-state index in [2.05, 4.69) is 22.0 Å². The highest BCUT2D eigenvalue weighted by Crippen LogP contribution is 2.24. The Morgan fingerprint density at radius 2 is 2.05 bits per heavy atom. The van der Waals surface area contributed by atoms with Crippen molar-refractivity contribution in [1.82, 2.24) is 15.1 Å². The molecule has 1 fully saturated rings. The maximum absolute atomic E-state index is 5.89. The summed E-state index contributed by atoms with van der Waals surface area (Å²) < 4.78 is 5.80. The molecule has 1 aliphatic heterocycles. The third kappa shape index (κ3) is 3.44. The van der Waals surface area contributed by atoms with Gasteiger partial charge in [-0.05, 0) is 50.1 Å². The Balaban J connectivity index is 1.71. The van der Waals surface area contributed by atoms with Crippen molar-refractivity contribution >= 4 is 11.6 Å². The molecule has 2 heterocycles. The topological polar surface area (TPSA) is 42.2 Å². The zero-order valence-electron chi connectivity index (χ0n) is 12.3. The van der Waals surface area contributed by atoms with E-state index in [9.17, 15) is 0 Å². The molecule has 1 atom stereocenters. The van der Waals surface area contributed by atoms with Crippen LogP contribution in [0.4, 0.5) is 0 Å². The van der Waals surface area contributed by atoms with Crippen molar-refractivity contribution in [3.05, 3.63) is 35.2 Å². The van der Waals surface area contributed by atoms with Gasteiger partial charge in [0.25, 0.3) is 0 Å². The minimum atomic E-state index is 0.562. The van der Waals surface area contributed by atoms with E-state index in [1.54, 1.807) is 0 Å². The highest BCUT2D eigenvalue weighted by atomic mass is 35.5. The number of likely N-dealkylation sites (tertiary alicyclic amines) is 1. The number of benzene rings is 1.